The van der Waals surface area contributed by atoms with Gasteiger partial charge in [0, 0.05) is 11.1 Å². The Morgan fingerprint density at radius 3 is 2.52 bits per heavy atom. The molecule has 6 nitrogen and oxygen atoms in total. The summed E-state index contributed by atoms with van der Waals surface area (Å²) < 4.78 is 0. The van der Waals surface area contributed by atoms with E-state index in [9.17, 15) is 14.9 Å². The Bertz CT molecular complexity index is 737. The Kier molecular flexibility index (Phi) is 4.62. The smallest absolute Gasteiger partial charge is 0.301 e. The van der Waals surface area contributed by atoms with Crippen molar-refractivity contribution in [3.63, 3.8) is 0 Å². The van der Waals surface area contributed by atoms with Crippen molar-refractivity contribution in [1.29, 1.82) is 0 Å². The third-order valence-electron chi connectivity index (χ3n) is 2.44. The molecule has 0 aliphatic rings. The van der Waals surface area contributed by atoms with Crippen LogP contribution in [0.4, 0.5) is 11.5 Å². The van der Waals surface area contributed by atoms with Crippen LogP contribution in [-0.4, -0.2) is 15.8 Å². The van der Waals surface area contributed by atoms with Crippen molar-refractivity contribution in [3.05, 3.63) is 61.2 Å². The molecule has 0 aliphatic heterocycles. The number of hydrogen-bond acceptors (Lipinski definition) is 4. The van der Waals surface area contributed by atoms with Gasteiger partial charge in [-0.1, -0.05) is 34.8 Å². The first kappa shape index (κ1) is 15.5. The van der Waals surface area contributed by atoms with Crippen LogP contribution in [0.1, 0.15) is 10.4 Å². The number of carbonyl (C=O) groups is 1. The third-order valence-corrected chi connectivity index (χ3v) is 3.20. The van der Waals surface area contributed by atoms with Gasteiger partial charge < -0.3 is 5.32 Å². The predicted octanol–water partition coefficient (Wildman–Crippen LogP) is 4.20. The molecule has 21 heavy (non-hydrogen) atoms. The van der Waals surface area contributed by atoms with E-state index in [-0.39, 0.29) is 27.2 Å². The Labute approximate surface area is 133 Å². The average Bonchev–Trinajstić information content (AvgIpc) is 2.37. The van der Waals surface area contributed by atoms with E-state index < -0.39 is 10.8 Å². The Hall–Kier alpha value is -1.89. The molecule has 0 saturated carbocycles. The number of halogens is 3. The molecular weight excluding hydrogens is 341 g/mol. The highest BCUT2D eigenvalue weighted by Gasteiger charge is 2.20. The maximum atomic E-state index is 12.1. The first-order chi connectivity index (χ1) is 9.88. The molecule has 9 heteroatoms. The molecule has 1 aromatic heterocycles. The molecule has 0 radical (unpaired) electrons. The van der Waals surface area contributed by atoms with Crippen LogP contribution in [0.3, 0.4) is 0 Å². The van der Waals surface area contributed by atoms with Crippen LogP contribution < -0.4 is 5.32 Å². The quantitative estimate of drug-likeness (QED) is 0.512. The van der Waals surface area contributed by atoms with Crippen molar-refractivity contribution in [2.75, 3.05) is 5.32 Å². The van der Waals surface area contributed by atoms with Gasteiger partial charge >= 0.3 is 5.69 Å². The van der Waals surface area contributed by atoms with Gasteiger partial charge in [0.1, 0.15) is 5.15 Å². The lowest BCUT2D eigenvalue weighted by Crippen LogP contribution is -2.15. The molecule has 1 N–H and O–H groups in total. The second-order valence-electron chi connectivity index (χ2n) is 3.84. The lowest BCUT2D eigenvalue weighted by molar-refractivity contribution is -0.384. The number of hydrogen-bond donors (Lipinski definition) is 1. The van der Waals surface area contributed by atoms with Crippen molar-refractivity contribution in [1.82, 2.24) is 4.98 Å². The minimum atomic E-state index is -0.678. The maximum Gasteiger partial charge on any atom is 0.311 e. The molecular formula is C12H6Cl3N3O3. The monoisotopic (exact) mass is 345 g/mol. The number of rotatable bonds is 3. The minimum Gasteiger partial charge on any atom is -0.301 e. The summed E-state index contributed by atoms with van der Waals surface area (Å²) in [6.07, 6.45) is 0. The summed E-state index contributed by atoms with van der Waals surface area (Å²) in [5.74, 6) is -0.918. The number of nitrogens with one attached hydrogen (secondary N) is 1. The molecule has 2 aromatic rings. The minimum absolute atomic E-state index is 0.0121. The Morgan fingerprint density at radius 1 is 1.19 bits per heavy atom. The summed E-state index contributed by atoms with van der Waals surface area (Å²) in [6.45, 7) is 0. The first-order valence-electron chi connectivity index (χ1n) is 5.46. The van der Waals surface area contributed by atoms with E-state index in [0.717, 1.165) is 6.07 Å². The van der Waals surface area contributed by atoms with Crippen molar-refractivity contribution in [2.45, 2.75) is 0 Å². The second-order valence-corrected chi connectivity index (χ2v) is 5.07. The van der Waals surface area contributed by atoms with Crippen LogP contribution >= 0.6 is 34.8 Å². The molecule has 1 amide bonds. The summed E-state index contributed by atoms with van der Waals surface area (Å²) in [4.78, 5) is 26.0. The van der Waals surface area contributed by atoms with Gasteiger partial charge in [-0.15, -0.1) is 0 Å². The lowest BCUT2D eigenvalue weighted by Gasteiger charge is -2.07. The average molecular weight is 347 g/mol. The van der Waals surface area contributed by atoms with E-state index in [0.29, 0.717) is 5.02 Å². The topological polar surface area (TPSA) is 85.1 Å². The highest BCUT2D eigenvalue weighted by Crippen LogP contribution is 2.26. The van der Waals surface area contributed by atoms with Crippen LogP contribution in [0, 0.1) is 10.1 Å². The number of carbonyl (C=O) groups excluding carboxylic acids is 1. The van der Waals surface area contributed by atoms with Crippen molar-refractivity contribution in [3.8, 4) is 0 Å². The van der Waals surface area contributed by atoms with Crippen LogP contribution in [0.5, 0.6) is 0 Å². The summed E-state index contributed by atoms with van der Waals surface area (Å²) in [7, 11) is 0. The van der Waals surface area contributed by atoms with Crippen molar-refractivity contribution < 1.29 is 9.72 Å². The SMILES string of the molecule is O=C(Nc1nc(Cl)ccc1[N+](=O)[O-])c1ccc(Cl)cc1Cl. The predicted molar refractivity (Wildman–Crippen MR) is 80.3 cm³/mol. The molecule has 0 unspecified atom stereocenters. The zero-order chi connectivity index (χ0) is 15.6. The van der Waals surface area contributed by atoms with E-state index in [1.54, 1.807) is 0 Å². The number of pyridine rings is 1. The zero-order valence-corrected chi connectivity index (χ0v) is 12.4. The van der Waals surface area contributed by atoms with Crippen molar-refractivity contribution >= 4 is 52.2 Å². The van der Waals surface area contributed by atoms with E-state index in [2.05, 4.69) is 10.3 Å². The Morgan fingerprint density at radius 2 is 1.90 bits per heavy atom. The summed E-state index contributed by atoms with van der Waals surface area (Å²) >= 11 is 17.3. The fraction of sp³-hybridized carbons (Fsp3) is 0. The summed E-state index contributed by atoms with van der Waals surface area (Å²) in [5.41, 5.74) is -0.269. The second kappa shape index (κ2) is 6.26. The molecule has 0 saturated heterocycles. The maximum absolute atomic E-state index is 12.1. The molecule has 1 heterocycles. The standard InChI is InChI=1S/C12H6Cl3N3O3/c13-6-1-2-7(8(14)5-6)12(19)17-11-9(18(20)21)3-4-10(15)16-11/h1-5H,(H,16,17,19). The first-order valence-corrected chi connectivity index (χ1v) is 6.59. The van der Waals surface area contributed by atoms with Crippen LogP contribution in [0.25, 0.3) is 0 Å². The number of nitrogens with zero attached hydrogens (tertiary/aromatic N) is 2. The zero-order valence-electron chi connectivity index (χ0n) is 10.1. The van der Waals surface area contributed by atoms with Gasteiger partial charge in [0.2, 0.25) is 5.82 Å². The van der Waals surface area contributed by atoms with Crippen LogP contribution in [0.15, 0.2) is 30.3 Å². The normalized spacial score (nSPS) is 10.2. The highest BCUT2D eigenvalue weighted by molar-refractivity contribution is 6.37. The molecule has 1 aromatic carbocycles. The fourth-order valence-corrected chi connectivity index (χ4v) is 2.16. The molecule has 0 bridgehead atoms. The van der Waals surface area contributed by atoms with Gasteiger partial charge in [0.25, 0.3) is 5.91 Å². The van der Waals surface area contributed by atoms with E-state index in [4.69, 9.17) is 34.8 Å². The molecule has 0 atom stereocenters. The molecule has 108 valence electrons. The molecule has 0 spiro atoms. The number of amides is 1. The largest absolute Gasteiger partial charge is 0.311 e. The number of aromatic nitrogens is 1. The van der Waals surface area contributed by atoms with E-state index in [1.165, 1.54) is 24.3 Å². The van der Waals surface area contributed by atoms with Crippen LogP contribution in [-0.2, 0) is 0 Å². The highest BCUT2D eigenvalue weighted by atomic mass is 35.5. The van der Waals surface area contributed by atoms with Gasteiger partial charge in [0.15, 0.2) is 0 Å². The molecule has 2 rings (SSSR count). The molecule has 0 fully saturated rings. The number of benzene rings is 1. The fourth-order valence-electron chi connectivity index (χ4n) is 1.52. The Balaban J connectivity index is 2.35. The van der Waals surface area contributed by atoms with E-state index in [1.807, 2.05) is 0 Å². The van der Waals surface area contributed by atoms with Crippen LogP contribution in [0.2, 0.25) is 15.2 Å². The third kappa shape index (κ3) is 3.60. The van der Waals surface area contributed by atoms with Gasteiger partial charge in [-0.2, -0.15) is 0 Å². The van der Waals surface area contributed by atoms with Crippen molar-refractivity contribution in [2.24, 2.45) is 0 Å². The summed E-state index contributed by atoms with van der Waals surface area (Å²) in [6, 6.07) is 6.66. The molecule has 0 aliphatic carbocycles. The van der Waals surface area contributed by atoms with Gasteiger partial charge in [-0.05, 0) is 24.3 Å². The van der Waals surface area contributed by atoms with Gasteiger partial charge in [-0.25, -0.2) is 4.98 Å². The van der Waals surface area contributed by atoms with Gasteiger partial charge in [0.05, 0.1) is 15.5 Å². The summed E-state index contributed by atoms with van der Waals surface area (Å²) in [5, 5.41) is 13.7. The van der Waals surface area contributed by atoms with Gasteiger partial charge in [-0.3, -0.25) is 14.9 Å². The number of nitro groups is 1. The van der Waals surface area contributed by atoms with E-state index >= 15 is 0 Å². The number of anilines is 1. The lowest BCUT2D eigenvalue weighted by atomic mass is 10.2.